The lowest BCUT2D eigenvalue weighted by Crippen LogP contribution is -1.92. The SMILES string of the molecule is O=Cc1cc(Br)ccc1Oc1cccc([N+](=O)[O-])c1. The van der Waals surface area contributed by atoms with Gasteiger partial charge in [-0.2, -0.15) is 0 Å². The Balaban J connectivity index is 2.33. The van der Waals surface area contributed by atoms with Gasteiger partial charge in [0.15, 0.2) is 6.29 Å². The van der Waals surface area contributed by atoms with E-state index < -0.39 is 4.92 Å². The number of carbonyl (C=O) groups excluding carboxylic acids is 1. The van der Waals surface area contributed by atoms with Crippen LogP contribution in [0.1, 0.15) is 10.4 Å². The number of non-ortho nitro benzene ring substituents is 1. The first kappa shape index (κ1) is 13.2. The van der Waals surface area contributed by atoms with Crippen LogP contribution in [0.25, 0.3) is 0 Å². The highest BCUT2D eigenvalue weighted by atomic mass is 79.9. The molecule has 2 rings (SSSR count). The summed E-state index contributed by atoms with van der Waals surface area (Å²) in [5, 5.41) is 10.7. The number of benzene rings is 2. The minimum absolute atomic E-state index is 0.0673. The maximum Gasteiger partial charge on any atom is 0.273 e. The van der Waals surface area contributed by atoms with Gasteiger partial charge in [0.05, 0.1) is 16.6 Å². The summed E-state index contributed by atoms with van der Waals surface area (Å²) in [6.45, 7) is 0. The van der Waals surface area contributed by atoms with Gasteiger partial charge in [-0.05, 0) is 24.3 Å². The van der Waals surface area contributed by atoms with Crippen LogP contribution in [0.3, 0.4) is 0 Å². The summed E-state index contributed by atoms with van der Waals surface area (Å²) in [6, 6.07) is 10.7. The van der Waals surface area contributed by atoms with Crippen LogP contribution in [0.4, 0.5) is 5.69 Å². The second-order valence-electron chi connectivity index (χ2n) is 3.66. The van der Waals surface area contributed by atoms with Crippen molar-refractivity contribution in [1.29, 1.82) is 0 Å². The number of carbonyl (C=O) groups is 1. The molecule has 0 atom stereocenters. The topological polar surface area (TPSA) is 69.4 Å². The molecule has 0 N–H and O–H groups in total. The summed E-state index contributed by atoms with van der Waals surface area (Å²) < 4.78 is 6.24. The van der Waals surface area contributed by atoms with Crippen molar-refractivity contribution >= 4 is 27.9 Å². The second-order valence-corrected chi connectivity index (χ2v) is 4.57. The van der Waals surface area contributed by atoms with Gasteiger partial charge in [0, 0.05) is 10.5 Å². The summed E-state index contributed by atoms with van der Waals surface area (Å²) in [7, 11) is 0. The molecule has 0 spiro atoms. The van der Waals surface area contributed by atoms with Gasteiger partial charge in [-0.1, -0.05) is 22.0 Å². The zero-order valence-electron chi connectivity index (χ0n) is 9.58. The molecule has 2 aromatic carbocycles. The zero-order chi connectivity index (χ0) is 13.8. The number of nitrogens with zero attached hydrogens (tertiary/aromatic N) is 1. The zero-order valence-corrected chi connectivity index (χ0v) is 11.2. The van der Waals surface area contributed by atoms with Crippen LogP contribution < -0.4 is 4.74 Å². The molecule has 0 saturated heterocycles. The Hall–Kier alpha value is -2.21. The molecule has 5 nitrogen and oxygen atoms in total. The third-order valence-electron chi connectivity index (χ3n) is 2.36. The Bertz CT molecular complexity index is 642. The number of hydrogen-bond acceptors (Lipinski definition) is 4. The Labute approximate surface area is 117 Å². The number of rotatable bonds is 4. The van der Waals surface area contributed by atoms with Crippen molar-refractivity contribution in [2.24, 2.45) is 0 Å². The first-order chi connectivity index (χ1) is 9.10. The molecule has 0 unspecified atom stereocenters. The smallest absolute Gasteiger partial charge is 0.273 e. The van der Waals surface area contributed by atoms with Gasteiger partial charge >= 0.3 is 0 Å². The van der Waals surface area contributed by atoms with Crippen LogP contribution in [0.5, 0.6) is 11.5 Å². The quantitative estimate of drug-likeness (QED) is 0.485. The molecular weight excluding hydrogens is 314 g/mol. The van der Waals surface area contributed by atoms with Gasteiger partial charge < -0.3 is 4.74 Å². The molecule has 0 aliphatic carbocycles. The van der Waals surface area contributed by atoms with Crippen molar-refractivity contribution in [3.05, 3.63) is 62.6 Å². The van der Waals surface area contributed by atoms with Crippen molar-refractivity contribution in [2.75, 3.05) is 0 Å². The lowest BCUT2D eigenvalue weighted by atomic mass is 10.2. The maximum atomic E-state index is 10.9. The van der Waals surface area contributed by atoms with E-state index in [1.807, 2.05) is 0 Å². The molecule has 2 aromatic rings. The van der Waals surface area contributed by atoms with Crippen LogP contribution in [-0.4, -0.2) is 11.2 Å². The third-order valence-corrected chi connectivity index (χ3v) is 2.85. The molecule has 19 heavy (non-hydrogen) atoms. The number of ether oxygens (including phenoxy) is 1. The number of halogens is 1. The van der Waals surface area contributed by atoms with Crippen molar-refractivity contribution in [3.63, 3.8) is 0 Å². The van der Waals surface area contributed by atoms with Crippen LogP contribution in [0.2, 0.25) is 0 Å². The second kappa shape index (κ2) is 5.62. The maximum absolute atomic E-state index is 10.9. The summed E-state index contributed by atoms with van der Waals surface area (Å²) in [5.41, 5.74) is 0.295. The molecule has 0 radical (unpaired) electrons. The highest BCUT2D eigenvalue weighted by molar-refractivity contribution is 9.10. The minimum Gasteiger partial charge on any atom is -0.456 e. The average Bonchev–Trinajstić information content (AvgIpc) is 2.41. The van der Waals surface area contributed by atoms with E-state index in [4.69, 9.17) is 4.74 Å². The van der Waals surface area contributed by atoms with Crippen molar-refractivity contribution < 1.29 is 14.5 Å². The van der Waals surface area contributed by atoms with E-state index in [0.29, 0.717) is 23.3 Å². The summed E-state index contributed by atoms with van der Waals surface area (Å²) in [5.74, 6) is 0.651. The van der Waals surface area contributed by atoms with Crippen LogP contribution in [-0.2, 0) is 0 Å². The fraction of sp³-hybridized carbons (Fsp3) is 0. The van der Waals surface area contributed by atoms with E-state index in [0.717, 1.165) is 4.47 Å². The van der Waals surface area contributed by atoms with Crippen molar-refractivity contribution in [2.45, 2.75) is 0 Å². The largest absolute Gasteiger partial charge is 0.456 e. The van der Waals surface area contributed by atoms with Gasteiger partial charge in [0.2, 0.25) is 0 Å². The van der Waals surface area contributed by atoms with Crippen LogP contribution in [0.15, 0.2) is 46.9 Å². The lowest BCUT2D eigenvalue weighted by molar-refractivity contribution is -0.384. The van der Waals surface area contributed by atoms with Crippen molar-refractivity contribution in [3.8, 4) is 11.5 Å². The summed E-state index contributed by atoms with van der Waals surface area (Å²) >= 11 is 3.25. The molecule has 96 valence electrons. The first-order valence-corrected chi connectivity index (χ1v) is 6.06. The van der Waals surface area contributed by atoms with Crippen LogP contribution in [0, 0.1) is 10.1 Å². The Morgan fingerprint density at radius 1 is 1.21 bits per heavy atom. The first-order valence-electron chi connectivity index (χ1n) is 5.27. The van der Waals surface area contributed by atoms with E-state index in [1.165, 1.54) is 18.2 Å². The molecule has 0 fully saturated rings. The van der Waals surface area contributed by atoms with Gasteiger partial charge in [0.25, 0.3) is 5.69 Å². The lowest BCUT2D eigenvalue weighted by Gasteiger charge is -2.08. The monoisotopic (exact) mass is 321 g/mol. The fourth-order valence-corrected chi connectivity index (χ4v) is 1.87. The Morgan fingerprint density at radius 3 is 2.68 bits per heavy atom. The molecule has 0 saturated carbocycles. The predicted octanol–water partition coefficient (Wildman–Crippen LogP) is 3.96. The number of nitro groups is 1. The number of nitro benzene ring substituents is 1. The molecule has 0 aliphatic heterocycles. The standard InChI is InChI=1S/C13H8BrNO4/c14-10-4-5-13(9(6-10)8-16)19-12-3-1-2-11(7-12)15(17)18/h1-8H. The summed E-state index contributed by atoms with van der Waals surface area (Å²) in [4.78, 5) is 21.1. The predicted molar refractivity (Wildman–Crippen MR) is 72.7 cm³/mol. The van der Waals surface area contributed by atoms with Gasteiger partial charge in [-0.3, -0.25) is 14.9 Å². The van der Waals surface area contributed by atoms with E-state index in [1.54, 1.807) is 24.3 Å². The van der Waals surface area contributed by atoms with Crippen molar-refractivity contribution in [1.82, 2.24) is 0 Å². The van der Waals surface area contributed by atoms with E-state index in [-0.39, 0.29) is 5.69 Å². The fourth-order valence-electron chi connectivity index (χ4n) is 1.49. The van der Waals surface area contributed by atoms with Gasteiger partial charge in [-0.25, -0.2) is 0 Å². The molecule has 0 aromatic heterocycles. The Kier molecular flexibility index (Phi) is 3.91. The number of hydrogen-bond donors (Lipinski definition) is 0. The molecule has 0 aliphatic rings. The number of aldehydes is 1. The highest BCUT2D eigenvalue weighted by Gasteiger charge is 2.09. The van der Waals surface area contributed by atoms with Crippen LogP contribution >= 0.6 is 15.9 Å². The Morgan fingerprint density at radius 2 is 2.00 bits per heavy atom. The summed E-state index contributed by atoms with van der Waals surface area (Å²) in [6.07, 6.45) is 0.664. The van der Waals surface area contributed by atoms with Gasteiger partial charge in [0.1, 0.15) is 11.5 Å². The average molecular weight is 322 g/mol. The normalized spacial score (nSPS) is 9.95. The molecule has 0 amide bonds. The minimum atomic E-state index is -0.505. The van der Waals surface area contributed by atoms with Gasteiger partial charge in [-0.15, -0.1) is 0 Å². The molecular formula is C13H8BrNO4. The molecule has 0 bridgehead atoms. The third kappa shape index (κ3) is 3.17. The highest BCUT2D eigenvalue weighted by Crippen LogP contribution is 2.28. The van der Waals surface area contributed by atoms with E-state index >= 15 is 0 Å². The van der Waals surface area contributed by atoms with E-state index in [9.17, 15) is 14.9 Å². The molecule has 6 heteroatoms. The van der Waals surface area contributed by atoms with E-state index in [2.05, 4.69) is 15.9 Å². The molecule has 0 heterocycles.